The number of amides is 1. The molecule has 30 heavy (non-hydrogen) atoms. The Morgan fingerprint density at radius 3 is 2.47 bits per heavy atom. The molecule has 0 atom stereocenters. The van der Waals surface area contributed by atoms with Crippen molar-refractivity contribution in [3.8, 4) is 11.5 Å². The Labute approximate surface area is 182 Å². The number of carbonyl (C=O) groups excluding carboxylic acids is 1. The second kappa shape index (κ2) is 7.92. The lowest BCUT2D eigenvalue weighted by Gasteiger charge is -2.39. The number of ether oxygens (including phenoxy) is 1. The molecule has 2 aliphatic rings. The van der Waals surface area contributed by atoms with Crippen molar-refractivity contribution in [2.24, 2.45) is 0 Å². The van der Waals surface area contributed by atoms with Crippen LogP contribution in [0.25, 0.3) is 11.5 Å². The molecule has 1 saturated heterocycles. The Kier molecular flexibility index (Phi) is 5.12. The molecule has 0 radical (unpaired) electrons. The quantitative estimate of drug-likeness (QED) is 0.578. The van der Waals surface area contributed by atoms with Crippen LogP contribution in [0.15, 0.2) is 51.6 Å². The SMILES string of the molecule is O=C(c1ccc(-c2nc(C3(c4ccc(Br)cc4)CCC3)no2)cn1)N1CCOCC1. The van der Waals surface area contributed by atoms with Gasteiger partial charge in [0.1, 0.15) is 5.69 Å². The van der Waals surface area contributed by atoms with E-state index in [1.54, 1.807) is 17.2 Å². The van der Waals surface area contributed by atoms with Crippen molar-refractivity contribution in [1.29, 1.82) is 0 Å². The maximum Gasteiger partial charge on any atom is 0.272 e. The minimum Gasteiger partial charge on any atom is -0.378 e. The normalized spacial score (nSPS) is 18.1. The van der Waals surface area contributed by atoms with Gasteiger partial charge in [0.2, 0.25) is 0 Å². The Hall–Kier alpha value is -2.58. The van der Waals surface area contributed by atoms with Crippen LogP contribution in [-0.4, -0.2) is 52.2 Å². The lowest BCUT2D eigenvalue weighted by molar-refractivity contribution is 0.0299. The van der Waals surface area contributed by atoms with E-state index >= 15 is 0 Å². The average molecular weight is 469 g/mol. The van der Waals surface area contributed by atoms with Crippen LogP contribution < -0.4 is 0 Å². The van der Waals surface area contributed by atoms with Crippen LogP contribution in [0.3, 0.4) is 0 Å². The molecule has 7 nitrogen and oxygen atoms in total. The van der Waals surface area contributed by atoms with Crippen molar-refractivity contribution in [2.45, 2.75) is 24.7 Å². The molecule has 8 heteroatoms. The summed E-state index contributed by atoms with van der Waals surface area (Å²) in [6, 6.07) is 11.9. The molecule has 1 saturated carbocycles. The predicted octanol–water partition coefficient (Wildman–Crippen LogP) is 3.84. The molecule has 0 N–H and O–H groups in total. The van der Waals surface area contributed by atoms with Crippen LogP contribution >= 0.6 is 15.9 Å². The molecule has 0 bridgehead atoms. The Bertz CT molecular complexity index is 1040. The maximum atomic E-state index is 12.6. The molecule has 2 aromatic heterocycles. The van der Waals surface area contributed by atoms with Gasteiger partial charge in [-0.05, 0) is 42.7 Å². The molecular formula is C22H21BrN4O3. The number of aromatic nitrogens is 3. The van der Waals surface area contributed by atoms with Crippen molar-refractivity contribution in [3.63, 3.8) is 0 Å². The van der Waals surface area contributed by atoms with Gasteiger partial charge in [0, 0.05) is 23.8 Å². The van der Waals surface area contributed by atoms with Crippen LogP contribution in [0.1, 0.15) is 41.1 Å². The first kappa shape index (κ1) is 19.4. The summed E-state index contributed by atoms with van der Waals surface area (Å²) in [6.45, 7) is 2.31. The summed E-state index contributed by atoms with van der Waals surface area (Å²) in [5.41, 5.74) is 2.12. The molecular weight excluding hydrogens is 448 g/mol. The van der Waals surface area contributed by atoms with Gasteiger partial charge in [0.05, 0.1) is 24.2 Å². The number of carbonyl (C=O) groups is 1. The summed E-state index contributed by atoms with van der Waals surface area (Å²) >= 11 is 3.49. The summed E-state index contributed by atoms with van der Waals surface area (Å²) in [7, 11) is 0. The fraction of sp³-hybridized carbons (Fsp3) is 0.364. The molecule has 3 aromatic rings. The van der Waals surface area contributed by atoms with Crippen LogP contribution in [0.2, 0.25) is 0 Å². The number of halogens is 1. The predicted molar refractivity (Wildman–Crippen MR) is 113 cm³/mol. The molecule has 0 unspecified atom stereocenters. The lowest BCUT2D eigenvalue weighted by atomic mass is 9.64. The molecule has 154 valence electrons. The van der Waals surface area contributed by atoms with Gasteiger partial charge in [-0.1, -0.05) is 39.6 Å². The number of hydrogen-bond acceptors (Lipinski definition) is 6. The molecule has 3 heterocycles. The molecule has 1 aliphatic heterocycles. The van der Waals surface area contributed by atoms with E-state index < -0.39 is 0 Å². The van der Waals surface area contributed by atoms with Gasteiger partial charge in [-0.2, -0.15) is 4.98 Å². The highest BCUT2D eigenvalue weighted by Gasteiger charge is 2.44. The van der Waals surface area contributed by atoms with E-state index in [-0.39, 0.29) is 11.3 Å². The number of rotatable bonds is 4. The zero-order valence-corrected chi connectivity index (χ0v) is 18.0. The summed E-state index contributed by atoms with van der Waals surface area (Å²) in [4.78, 5) is 23.4. The minimum absolute atomic E-state index is 0.0836. The van der Waals surface area contributed by atoms with Crippen LogP contribution in [0.5, 0.6) is 0 Å². The van der Waals surface area contributed by atoms with E-state index in [0.29, 0.717) is 49.3 Å². The number of pyridine rings is 1. The van der Waals surface area contributed by atoms with E-state index in [2.05, 4.69) is 38.2 Å². The number of benzene rings is 1. The first-order valence-corrected chi connectivity index (χ1v) is 10.9. The van der Waals surface area contributed by atoms with E-state index in [4.69, 9.17) is 14.2 Å². The van der Waals surface area contributed by atoms with Gasteiger partial charge in [0.15, 0.2) is 5.82 Å². The average Bonchev–Trinajstić information content (AvgIpc) is 3.25. The van der Waals surface area contributed by atoms with Crippen molar-refractivity contribution < 1.29 is 14.1 Å². The third-order valence-electron chi connectivity index (χ3n) is 5.99. The zero-order chi connectivity index (χ0) is 20.6. The van der Waals surface area contributed by atoms with Gasteiger partial charge in [0.25, 0.3) is 11.8 Å². The number of hydrogen-bond donors (Lipinski definition) is 0. The Morgan fingerprint density at radius 2 is 1.83 bits per heavy atom. The van der Waals surface area contributed by atoms with Gasteiger partial charge in [-0.15, -0.1) is 0 Å². The van der Waals surface area contributed by atoms with Crippen LogP contribution in [0, 0.1) is 0 Å². The second-order valence-corrected chi connectivity index (χ2v) is 8.62. The highest BCUT2D eigenvalue weighted by atomic mass is 79.9. The van der Waals surface area contributed by atoms with E-state index in [1.807, 2.05) is 18.2 Å². The third-order valence-corrected chi connectivity index (χ3v) is 6.51. The Morgan fingerprint density at radius 1 is 1.07 bits per heavy atom. The highest BCUT2D eigenvalue weighted by Crippen LogP contribution is 2.48. The molecule has 1 aromatic carbocycles. The molecule has 5 rings (SSSR count). The third kappa shape index (κ3) is 3.44. The first-order chi connectivity index (χ1) is 14.7. The van der Waals surface area contributed by atoms with Crippen LogP contribution in [0.4, 0.5) is 0 Å². The molecule has 1 amide bonds. The summed E-state index contributed by atoms with van der Waals surface area (Å²) in [6.07, 6.45) is 4.76. The van der Waals surface area contributed by atoms with E-state index in [1.165, 1.54) is 5.56 Å². The van der Waals surface area contributed by atoms with E-state index in [0.717, 1.165) is 23.7 Å². The lowest BCUT2D eigenvalue weighted by Crippen LogP contribution is -2.41. The van der Waals surface area contributed by atoms with Crippen molar-refractivity contribution in [3.05, 3.63) is 64.1 Å². The minimum atomic E-state index is -0.192. The number of nitrogens with zero attached hydrogens (tertiary/aromatic N) is 4. The van der Waals surface area contributed by atoms with Crippen molar-refractivity contribution in [1.82, 2.24) is 20.0 Å². The summed E-state index contributed by atoms with van der Waals surface area (Å²) < 4.78 is 11.9. The first-order valence-electron chi connectivity index (χ1n) is 10.1. The van der Waals surface area contributed by atoms with Gasteiger partial charge in [-0.3, -0.25) is 9.78 Å². The zero-order valence-electron chi connectivity index (χ0n) is 16.4. The second-order valence-electron chi connectivity index (χ2n) is 7.70. The standard InChI is InChI=1S/C22H21BrN4O3/c23-17-5-3-16(4-6-17)22(8-1-9-22)21-25-19(30-26-21)15-2-7-18(24-14-15)20(28)27-10-12-29-13-11-27/h2-7,14H,1,8-13H2. The Balaban J connectivity index is 1.37. The summed E-state index contributed by atoms with van der Waals surface area (Å²) in [5.74, 6) is 1.05. The largest absolute Gasteiger partial charge is 0.378 e. The molecule has 2 fully saturated rings. The van der Waals surface area contributed by atoms with E-state index in [9.17, 15) is 4.79 Å². The smallest absolute Gasteiger partial charge is 0.272 e. The fourth-order valence-corrected chi connectivity index (χ4v) is 4.32. The monoisotopic (exact) mass is 468 g/mol. The molecule has 0 spiro atoms. The van der Waals surface area contributed by atoms with Gasteiger partial charge >= 0.3 is 0 Å². The number of morpholine rings is 1. The van der Waals surface area contributed by atoms with Crippen LogP contribution in [-0.2, 0) is 10.2 Å². The highest BCUT2D eigenvalue weighted by molar-refractivity contribution is 9.10. The van der Waals surface area contributed by atoms with Gasteiger partial charge < -0.3 is 14.2 Å². The van der Waals surface area contributed by atoms with Crippen molar-refractivity contribution >= 4 is 21.8 Å². The maximum absolute atomic E-state index is 12.6. The fourth-order valence-electron chi connectivity index (χ4n) is 4.05. The van der Waals surface area contributed by atoms with Crippen molar-refractivity contribution in [2.75, 3.05) is 26.3 Å². The summed E-state index contributed by atoms with van der Waals surface area (Å²) in [5, 5.41) is 4.30. The van der Waals surface area contributed by atoms with Gasteiger partial charge in [-0.25, -0.2) is 0 Å². The molecule has 1 aliphatic carbocycles. The topological polar surface area (TPSA) is 81.3 Å².